The molecule has 0 unspecified atom stereocenters. The molecule has 2 aromatic carbocycles. The maximum atomic E-state index is 13.8. The Hall–Kier alpha value is -3.26. The normalized spacial score (nSPS) is 13.9. The molecule has 0 radical (unpaired) electrons. The van der Waals surface area contributed by atoms with Gasteiger partial charge in [0, 0.05) is 41.4 Å². The van der Waals surface area contributed by atoms with Crippen LogP contribution in [0.1, 0.15) is 52.2 Å². The zero-order chi connectivity index (χ0) is 25.7. The van der Waals surface area contributed by atoms with Crippen LogP contribution in [0.5, 0.6) is 5.75 Å². The molecule has 0 bridgehead atoms. The molecular weight excluding hydrogens is 525 g/mol. The quantitative estimate of drug-likeness (QED) is 0.396. The van der Waals surface area contributed by atoms with E-state index in [1.54, 1.807) is 24.4 Å². The summed E-state index contributed by atoms with van der Waals surface area (Å²) >= 11 is 3.33. The monoisotopic (exact) mass is 553 g/mol. The number of aryl methyl sites for hydroxylation is 1. The molecule has 188 valence electrons. The van der Waals surface area contributed by atoms with E-state index in [-0.39, 0.29) is 11.8 Å². The SMILES string of the molecule is COc1cncc(CCC(=O)Nc2ccc(C3CCN(C(=O)c4cc(F)cc(Br)c4C)CC3)cc2)c1. The standard InChI is InChI=1S/C28H29BrFN3O3/c1-18-25(14-22(30)15-26(18)29)28(35)33-11-9-21(10-12-33)20-4-6-23(7-5-20)32-27(34)8-3-19-13-24(36-2)17-31-16-19/h4-7,13-17,21H,3,8-12H2,1-2H3,(H,32,34). The third-order valence-corrected chi connectivity index (χ3v) is 7.46. The molecule has 0 aliphatic carbocycles. The van der Waals surface area contributed by atoms with E-state index in [4.69, 9.17) is 4.74 Å². The van der Waals surface area contributed by atoms with Crippen molar-refractivity contribution < 1.29 is 18.7 Å². The van der Waals surface area contributed by atoms with Crippen LogP contribution in [-0.4, -0.2) is 41.9 Å². The molecule has 0 atom stereocenters. The summed E-state index contributed by atoms with van der Waals surface area (Å²) in [7, 11) is 1.59. The highest BCUT2D eigenvalue weighted by molar-refractivity contribution is 9.10. The summed E-state index contributed by atoms with van der Waals surface area (Å²) in [6.07, 6.45) is 5.98. The fourth-order valence-electron chi connectivity index (χ4n) is 4.49. The lowest BCUT2D eigenvalue weighted by molar-refractivity contribution is -0.116. The van der Waals surface area contributed by atoms with Crippen LogP contribution in [-0.2, 0) is 11.2 Å². The summed E-state index contributed by atoms with van der Waals surface area (Å²) in [5.74, 6) is 0.399. The van der Waals surface area contributed by atoms with Gasteiger partial charge >= 0.3 is 0 Å². The van der Waals surface area contributed by atoms with Crippen molar-refractivity contribution in [1.82, 2.24) is 9.88 Å². The van der Waals surface area contributed by atoms with Gasteiger partial charge in [-0.1, -0.05) is 28.1 Å². The van der Waals surface area contributed by atoms with E-state index >= 15 is 0 Å². The number of hydrogen-bond acceptors (Lipinski definition) is 4. The zero-order valence-electron chi connectivity index (χ0n) is 20.4. The number of methoxy groups -OCH3 is 1. The highest BCUT2D eigenvalue weighted by Crippen LogP contribution is 2.31. The summed E-state index contributed by atoms with van der Waals surface area (Å²) in [6.45, 7) is 3.06. The van der Waals surface area contributed by atoms with Crippen molar-refractivity contribution >= 4 is 33.4 Å². The molecule has 1 aliphatic heterocycles. The second-order valence-corrected chi connectivity index (χ2v) is 9.88. The lowest BCUT2D eigenvalue weighted by Crippen LogP contribution is -2.38. The Labute approximate surface area is 219 Å². The number of pyridine rings is 1. The van der Waals surface area contributed by atoms with E-state index in [0.717, 1.165) is 29.7 Å². The zero-order valence-corrected chi connectivity index (χ0v) is 22.0. The number of carbonyl (C=O) groups is 2. The highest BCUT2D eigenvalue weighted by Gasteiger charge is 2.26. The van der Waals surface area contributed by atoms with Crippen LogP contribution < -0.4 is 10.1 Å². The van der Waals surface area contributed by atoms with Crippen LogP contribution in [0, 0.1) is 12.7 Å². The molecule has 1 aromatic heterocycles. The second kappa shape index (κ2) is 11.6. The maximum Gasteiger partial charge on any atom is 0.254 e. The van der Waals surface area contributed by atoms with Crippen molar-refractivity contribution in [3.8, 4) is 5.75 Å². The Bertz CT molecular complexity index is 1240. The van der Waals surface area contributed by atoms with Crippen molar-refractivity contribution in [2.75, 3.05) is 25.5 Å². The molecule has 0 saturated carbocycles. The molecule has 2 heterocycles. The number of nitrogens with zero attached hydrogens (tertiary/aromatic N) is 2. The Balaban J connectivity index is 1.28. The third kappa shape index (κ3) is 6.29. The minimum Gasteiger partial charge on any atom is -0.495 e. The Morgan fingerprint density at radius 2 is 1.86 bits per heavy atom. The summed E-state index contributed by atoms with van der Waals surface area (Å²) in [4.78, 5) is 31.3. The van der Waals surface area contributed by atoms with Gasteiger partial charge in [0.25, 0.3) is 5.91 Å². The van der Waals surface area contributed by atoms with Gasteiger partial charge in [-0.05, 0) is 79.1 Å². The highest BCUT2D eigenvalue weighted by atomic mass is 79.9. The number of amides is 2. The first-order valence-electron chi connectivity index (χ1n) is 12.0. The van der Waals surface area contributed by atoms with Crippen LogP contribution >= 0.6 is 15.9 Å². The number of halogens is 2. The number of benzene rings is 2. The summed E-state index contributed by atoms with van der Waals surface area (Å²) < 4.78 is 19.6. The van der Waals surface area contributed by atoms with E-state index in [9.17, 15) is 14.0 Å². The minimum atomic E-state index is -0.421. The van der Waals surface area contributed by atoms with Gasteiger partial charge in [-0.3, -0.25) is 14.6 Å². The average molecular weight is 554 g/mol. The van der Waals surface area contributed by atoms with E-state index in [2.05, 4.69) is 26.2 Å². The van der Waals surface area contributed by atoms with E-state index in [1.807, 2.05) is 37.3 Å². The third-order valence-electron chi connectivity index (χ3n) is 6.63. The molecule has 1 saturated heterocycles. The van der Waals surface area contributed by atoms with Crippen molar-refractivity contribution in [3.05, 3.63) is 87.4 Å². The molecule has 2 amide bonds. The van der Waals surface area contributed by atoms with E-state index in [0.29, 0.717) is 47.6 Å². The van der Waals surface area contributed by atoms with Gasteiger partial charge in [0.15, 0.2) is 0 Å². The predicted octanol–water partition coefficient (Wildman–Crippen LogP) is 5.89. The van der Waals surface area contributed by atoms with Gasteiger partial charge in [-0.15, -0.1) is 0 Å². The molecule has 6 nitrogen and oxygen atoms in total. The first kappa shape index (κ1) is 25.8. The molecule has 1 N–H and O–H groups in total. The molecule has 8 heteroatoms. The molecular formula is C28H29BrFN3O3. The molecule has 0 spiro atoms. The molecule has 3 aromatic rings. The summed E-state index contributed by atoms with van der Waals surface area (Å²) in [5, 5.41) is 2.95. The predicted molar refractivity (Wildman–Crippen MR) is 141 cm³/mol. The van der Waals surface area contributed by atoms with Crippen molar-refractivity contribution in [2.24, 2.45) is 0 Å². The number of carbonyl (C=O) groups excluding carboxylic acids is 2. The lowest BCUT2D eigenvalue weighted by Gasteiger charge is -2.32. The number of nitrogens with one attached hydrogen (secondary N) is 1. The smallest absolute Gasteiger partial charge is 0.254 e. The first-order valence-corrected chi connectivity index (χ1v) is 12.8. The molecule has 36 heavy (non-hydrogen) atoms. The fourth-order valence-corrected chi connectivity index (χ4v) is 4.92. The van der Waals surface area contributed by atoms with Crippen molar-refractivity contribution in [1.29, 1.82) is 0 Å². The van der Waals surface area contributed by atoms with Crippen molar-refractivity contribution in [2.45, 2.75) is 38.5 Å². The number of likely N-dealkylation sites (tertiary alicyclic amines) is 1. The van der Waals surface area contributed by atoms with Crippen LogP contribution in [0.4, 0.5) is 10.1 Å². The Morgan fingerprint density at radius 3 is 2.56 bits per heavy atom. The molecule has 1 fully saturated rings. The number of piperidine rings is 1. The lowest BCUT2D eigenvalue weighted by atomic mass is 9.89. The van der Waals surface area contributed by atoms with Gasteiger partial charge in [0.05, 0.1) is 13.3 Å². The number of anilines is 1. The minimum absolute atomic E-state index is 0.0586. The number of hydrogen-bond donors (Lipinski definition) is 1. The van der Waals surface area contributed by atoms with E-state index in [1.165, 1.54) is 17.7 Å². The number of ether oxygens (including phenoxy) is 1. The molecule has 4 rings (SSSR count). The number of rotatable bonds is 7. The Kier molecular flexibility index (Phi) is 8.36. The summed E-state index contributed by atoms with van der Waals surface area (Å²) in [5.41, 5.74) is 4.05. The van der Waals surface area contributed by atoms with Crippen molar-refractivity contribution in [3.63, 3.8) is 0 Å². The number of aromatic nitrogens is 1. The summed E-state index contributed by atoms with van der Waals surface area (Å²) in [6, 6.07) is 12.5. The maximum absolute atomic E-state index is 13.8. The Morgan fingerprint density at radius 1 is 1.14 bits per heavy atom. The van der Waals surface area contributed by atoms with Crippen LogP contribution in [0.15, 0.2) is 59.3 Å². The largest absolute Gasteiger partial charge is 0.495 e. The topological polar surface area (TPSA) is 71.5 Å². The van der Waals surface area contributed by atoms with Gasteiger partial charge < -0.3 is 15.0 Å². The average Bonchev–Trinajstić information content (AvgIpc) is 2.90. The van der Waals surface area contributed by atoms with Crippen LogP contribution in [0.25, 0.3) is 0 Å². The van der Waals surface area contributed by atoms with E-state index < -0.39 is 5.82 Å². The van der Waals surface area contributed by atoms with Crippen LogP contribution in [0.2, 0.25) is 0 Å². The fraction of sp³-hybridized carbons (Fsp3) is 0.321. The van der Waals surface area contributed by atoms with Gasteiger partial charge in [-0.2, -0.15) is 0 Å². The van der Waals surface area contributed by atoms with Crippen LogP contribution in [0.3, 0.4) is 0 Å². The van der Waals surface area contributed by atoms with Gasteiger partial charge in [-0.25, -0.2) is 4.39 Å². The second-order valence-electron chi connectivity index (χ2n) is 9.03. The first-order chi connectivity index (χ1) is 17.3. The van der Waals surface area contributed by atoms with Gasteiger partial charge in [0.1, 0.15) is 11.6 Å². The molecule has 1 aliphatic rings. The van der Waals surface area contributed by atoms with Gasteiger partial charge in [0.2, 0.25) is 5.91 Å².